The largest absolute Gasteiger partial charge is 0.384 e. The van der Waals surface area contributed by atoms with E-state index in [0.29, 0.717) is 6.54 Å². The molecule has 3 rings (SSSR count). The summed E-state index contributed by atoms with van der Waals surface area (Å²) in [5.74, 6) is 0. The van der Waals surface area contributed by atoms with Crippen LogP contribution in [0.4, 0.5) is 0 Å². The molecule has 3 N–H and O–H groups in total. The molecular weight excluding hydrogens is 234 g/mol. The SMILES string of the molecule is NCC1(c2cccc(C(O)c3ccccc3)c2)CC1. The monoisotopic (exact) mass is 253 g/mol. The lowest BCUT2D eigenvalue weighted by molar-refractivity contribution is 0.220. The van der Waals surface area contributed by atoms with Crippen molar-refractivity contribution in [3.05, 3.63) is 71.3 Å². The van der Waals surface area contributed by atoms with Gasteiger partial charge in [-0.15, -0.1) is 0 Å². The van der Waals surface area contributed by atoms with E-state index in [1.165, 1.54) is 5.56 Å². The van der Waals surface area contributed by atoms with Crippen molar-refractivity contribution in [2.24, 2.45) is 5.73 Å². The normalized spacial score (nSPS) is 18.0. The van der Waals surface area contributed by atoms with Crippen molar-refractivity contribution in [3.63, 3.8) is 0 Å². The predicted octanol–water partition coefficient (Wildman–Crippen LogP) is 2.76. The second kappa shape index (κ2) is 4.80. The standard InChI is InChI=1S/C17H19NO/c18-12-17(9-10-17)15-8-4-7-14(11-15)16(19)13-5-2-1-3-6-13/h1-8,11,16,19H,9-10,12,18H2. The van der Waals surface area contributed by atoms with Crippen molar-refractivity contribution in [2.75, 3.05) is 6.54 Å². The Morgan fingerprint density at radius 2 is 1.68 bits per heavy atom. The molecule has 2 heteroatoms. The number of aliphatic hydroxyl groups is 1. The smallest absolute Gasteiger partial charge is 0.104 e. The minimum Gasteiger partial charge on any atom is -0.384 e. The van der Waals surface area contributed by atoms with E-state index >= 15 is 0 Å². The zero-order valence-corrected chi connectivity index (χ0v) is 10.9. The highest BCUT2D eigenvalue weighted by Gasteiger charge is 2.42. The molecule has 0 bridgehead atoms. The van der Waals surface area contributed by atoms with Crippen LogP contribution < -0.4 is 5.73 Å². The Morgan fingerprint density at radius 3 is 2.32 bits per heavy atom. The maximum Gasteiger partial charge on any atom is 0.104 e. The Bertz CT molecular complexity index is 560. The Balaban J connectivity index is 1.92. The van der Waals surface area contributed by atoms with Gasteiger partial charge in [0.15, 0.2) is 0 Å². The molecule has 19 heavy (non-hydrogen) atoms. The molecule has 1 aliphatic carbocycles. The first-order chi connectivity index (χ1) is 9.25. The third-order valence-corrected chi connectivity index (χ3v) is 4.17. The van der Waals surface area contributed by atoms with Crippen molar-refractivity contribution in [3.8, 4) is 0 Å². The minimum absolute atomic E-state index is 0.173. The average molecular weight is 253 g/mol. The first kappa shape index (κ1) is 12.4. The van der Waals surface area contributed by atoms with Gasteiger partial charge in [0.05, 0.1) is 0 Å². The van der Waals surface area contributed by atoms with E-state index in [9.17, 15) is 5.11 Å². The van der Waals surface area contributed by atoms with Gasteiger partial charge < -0.3 is 10.8 Å². The van der Waals surface area contributed by atoms with Gasteiger partial charge in [-0.05, 0) is 29.5 Å². The van der Waals surface area contributed by atoms with E-state index in [2.05, 4.69) is 12.1 Å². The molecule has 1 aliphatic rings. The molecule has 2 aromatic rings. The molecule has 0 spiro atoms. The highest BCUT2D eigenvalue weighted by Crippen LogP contribution is 2.47. The van der Waals surface area contributed by atoms with Crippen molar-refractivity contribution in [2.45, 2.75) is 24.4 Å². The van der Waals surface area contributed by atoms with E-state index in [-0.39, 0.29) is 5.41 Å². The van der Waals surface area contributed by atoms with E-state index in [1.807, 2.05) is 42.5 Å². The quantitative estimate of drug-likeness (QED) is 0.880. The van der Waals surface area contributed by atoms with Crippen LogP contribution in [0.15, 0.2) is 54.6 Å². The van der Waals surface area contributed by atoms with Gasteiger partial charge in [0.1, 0.15) is 6.10 Å². The Hall–Kier alpha value is -1.64. The number of nitrogens with two attached hydrogens (primary N) is 1. The first-order valence-electron chi connectivity index (χ1n) is 6.79. The Kier molecular flexibility index (Phi) is 3.13. The molecule has 2 nitrogen and oxygen atoms in total. The van der Waals surface area contributed by atoms with E-state index in [0.717, 1.165) is 24.0 Å². The summed E-state index contributed by atoms with van der Waals surface area (Å²) < 4.78 is 0. The van der Waals surface area contributed by atoms with Crippen LogP contribution in [0.1, 0.15) is 35.6 Å². The molecule has 0 aromatic heterocycles. The van der Waals surface area contributed by atoms with Crippen LogP contribution in [0.3, 0.4) is 0 Å². The average Bonchev–Trinajstić information content (AvgIpc) is 3.29. The molecule has 0 amide bonds. The second-order valence-electron chi connectivity index (χ2n) is 5.42. The van der Waals surface area contributed by atoms with Gasteiger partial charge in [0.25, 0.3) is 0 Å². The fourth-order valence-electron chi connectivity index (χ4n) is 2.63. The Labute approximate surface area is 113 Å². The fraction of sp³-hybridized carbons (Fsp3) is 0.294. The molecule has 1 fully saturated rings. The molecule has 1 atom stereocenters. The van der Waals surface area contributed by atoms with Crippen molar-refractivity contribution in [1.82, 2.24) is 0 Å². The van der Waals surface area contributed by atoms with Crippen molar-refractivity contribution in [1.29, 1.82) is 0 Å². The molecule has 2 aromatic carbocycles. The minimum atomic E-state index is -0.560. The van der Waals surface area contributed by atoms with E-state index < -0.39 is 6.10 Å². The second-order valence-corrected chi connectivity index (χ2v) is 5.42. The van der Waals surface area contributed by atoms with E-state index in [1.54, 1.807) is 0 Å². The van der Waals surface area contributed by atoms with Gasteiger partial charge in [0.2, 0.25) is 0 Å². The van der Waals surface area contributed by atoms with E-state index in [4.69, 9.17) is 5.73 Å². The lowest BCUT2D eigenvalue weighted by Crippen LogP contribution is -2.19. The summed E-state index contributed by atoms with van der Waals surface area (Å²) >= 11 is 0. The van der Waals surface area contributed by atoms with Crippen molar-refractivity contribution >= 4 is 0 Å². The van der Waals surface area contributed by atoms with Gasteiger partial charge in [-0.3, -0.25) is 0 Å². The molecule has 1 saturated carbocycles. The van der Waals surface area contributed by atoms with Gasteiger partial charge in [0, 0.05) is 12.0 Å². The predicted molar refractivity (Wildman–Crippen MR) is 76.9 cm³/mol. The number of hydrogen-bond acceptors (Lipinski definition) is 2. The summed E-state index contributed by atoms with van der Waals surface area (Å²) in [6.07, 6.45) is 1.76. The van der Waals surface area contributed by atoms with Crippen LogP contribution in [0.2, 0.25) is 0 Å². The van der Waals surface area contributed by atoms with Crippen LogP contribution in [0.5, 0.6) is 0 Å². The van der Waals surface area contributed by atoms with Gasteiger partial charge in [-0.2, -0.15) is 0 Å². The van der Waals surface area contributed by atoms with Gasteiger partial charge in [-0.1, -0.05) is 54.6 Å². The van der Waals surface area contributed by atoms with Crippen LogP contribution in [0.25, 0.3) is 0 Å². The molecule has 0 heterocycles. The highest BCUT2D eigenvalue weighted by atomic mass is 16.3. The topological polar surface area (TPSA) is 46.2 Å². The number of aliphatic hydroxyl groups excluding tert-OH is 1. The molecule has 1 unspecified atom stereocenters. The summed E-state index contributed by atoms with van der Waals surface area (Å²) in [6.45, 7) is 0.692. The summed E-state index contributed by atoms with van der Waals surface area (Å²) in [4.78, 5) is 0. The van der Waals surface area contributed by atoms with Crippen LogP contribution in [0, 0.1) is 0 Å². The lowest BCUT2D eigenvalue weighted by Gasteiger charge is -2.17. The first-order valence-corrected chi connectivity index (χ1v) is 6.79. The Morgan fingerprint density at radius 1 is 1.00 bits per heavy atom. The molecule has 0 saturated heterocycles. The third kappa shape index (κ3) is 2.29. The molecule has 0 radical (unpaired) electrons. The third-order valence-electron chi connectivity index (χ3n) is 4.17. The summed E-state index contributed by atoms with van der Waals surface area (Å²) in [5.41, 5.74) is 9.19. The maximum absolute atomic E-state index is 10.4. The zero-order valence-electron chi connectivity index (χ0n) is 10.9. The summed E-state index contributed by atoms with van der Waals surface area (Å²) in [7, 11) is 0. The maximum atomic E-state index is 10.4. The van der Waals surface area contributed by atoms with Crippen LogP contribution in [-0.2, 0) is 5.41 Å². The number of benzene rings is 2. The van der Waals surface area contributed by atoms with Crippen LogP contribution in [-0.4, -0.2) is 11.7 Å². The number of rotatable bonds is 4. The zero-order chi connectivity index (χ0) is 13.3. The molecule has 98 valence electrons. The van der Waals surface area contributed by atoms with Gasteiger partial charge in [-0.25, -0.2) is 0 Å². The fourth-order valence-corrected chi connectivity index (χ4v) is 2.63. The summed E-state index contributed by atoms with van der Waals surface area (Å²) in [6, 6.07) is 18.0. The lowest BCUT2D eigenvalue weighted by atomic mass is 9.92. The van der Waals surface area contributed by atoms with Crippen LogP contribution >= 0.6 is 0 Å². The highest BCUT2D eigenvalue weighted by molar-refractivity contribution is 5.38. The number of hydrogen-bond donors (Lipinski definition) is 2. The molecular formula is C17H19NO. The van der Waals surface area contributed by atoms with Crippen molar-refractivity contribution < 1.29 is 5.11 Å². The van der Waals surface area contributed by atoms with Gasteiger partial charge >= 0.3 is 0 Å². The summed E-state index contributed by atoms with van der Waals surface area (Å²) in [5, 5.41) is 10.4. The molecule has 0 aliphatic heterocycles.